The predicted octanol–water partition coefficient (Wildman–Crippen LogP) is 4.34. The number of ether oxygens (including phenoxy) is 1. The van der Waals surface area contributed by atoms with Crippen LogP contribution in [0, 0.1) is 0 Å². The van der Waals surface area contributed by atoms with E-state index in [2.05, 4.69) is 10.2 Å². The van der Waals surface area contributed by atoms with Gasteiger partial charge in [-0.25, -0.2) is 0 Å². The Labute approximate surface area is 129 Å². The zero-order valence-electron chi connectivity index (χ0n) is 11.7. The Morgan fingerprint density at radius 2 is 1.52 bits per heavy atom. The van der Waals surface area contributed by atoms with E-state index in [0.717, 1.165) is 5.56 Å². The second-order valence-corrected chi connectivity index (χ2v) is 4.71. The maximum atomic E-state index is 12.2. The van der Waals surface area contributed by atoms with Crippen molar-refractivity contribution in [1.82, 2.24) is 10.2 Å². The van der Waals surface area contributed by atoms with Crippen LogP contribution in [0.2, 0.25) is 0 Å². The van der Waals surface area contributed by atoms with E-state index in [1.54, 1.807) is 12.1 Å². The Hall–Kier alpha value is -2.83. The molecule has 0 aliphatic rings. The molecule has 0 spiro atoms. The zero-order valence-corrected chi connectivity index (χ0v) is 11.7. The summed E-state index contributed by atoms with van der Waals surface area (Å²) in [4.78, 5) is 0. The molecule has 0 aliphatic heterocycles. The summed E-state index contributed by atoms with van der Waals surface area (Å²) in [5, 5.41) is 7.86. The lowest BCUT2D eigenvalue weighted by Gasteiger charge is -2.09. The number of hydrogen-bond donors (Lipinski definition) is 0. The Morgan fingerprint density at radius 3 is 2.22 bits per heavy atom. The van der Waals surface area contributed by atoms with Gasteiger partial charge < -0.3 is 9.15 Å². The fourth-order valence-electron chi connectivity index (χ4n) is 1.92. The van der Waals surface area contributed by atoms with E-state index in [9.17, 15) is 13.2 Å². The maximum absolute atomic E-state index is 12.2. The normalized spacial score (nSPS) is 11.4. The van der Waals surface area contributed by atoms with Crippen LogP contribution >= 0.6 is 0 Å². The van der Waals surface area contributed by atoms with Gasteiger partial charge in [0.25, 0.3) is 0 Å². The molecule has 0 saturated carbocycles. The minimum atomic E-state index is -4.39. The van der Waals surface area contributed by atoms with Crippen molar-refractivity contribution in [1.29, 1.82) is 0 Å². The predicted molar refractivity (Wildman–Crippen MR) is 76.7 cm³/mol. The molecule has 0 aliphatic carbocycles. The number of halogens is 3. The van der Waals surface area contributed by atoms with Crippen molar-refractivity contribution in [2.75, 3.05) is 6.61 Å². The van der Waals surface area contributed by atoms with Crippen LogP contribution in [0.1, 0.15) is 0 Å². The lowest BCUT2D eigenvalue weighted by molar-refractivity contribution is -0.153. The molecular weight excluding hydrogens is 309 g/mol. The minimum Gasteiger partial charge on any atom is -0.484 e. The van der Waals surface area contributed by atoms with Crippen molar-refractivity contribution in [2.24, 2.45) is 0 Å². The molecule has 2 aromatic carbocycles. The molecule has 0 saturated heterocycles. The third kappa shape index (κ3) is 3.88. The Morgan fingerprint density at radius 1 is 0.870 bits per heavy atom. The number of benzene rings is 2. The first kappa shape index (κ1) is 15.1. The summed E-state index contributed by atoms with van der Waals surface area (Å²) in [7, 11) is 0. The summed E-state index contributed by atoms with van der Waals surface area (Å²) < 4.78 is 46.8. The topological polar surface area (TPSA) is 48.2 Å². The monoisotopic (exact) mass is 320 g/mol. The van der Waals surface area contributed by atoms with Crippen LogP contribution in [-0.4, -0.2) is 23.0 Å². The van der Waals surface area contributed by atoms with E-state index in [1.165, 1.54) is 12.1 Å². The van der Waals surface area contributed by atoms with Gasteiger partial charge in [0.2, 0.25) is 11.8 Å². The van der Waals surface area contributed by atoms with Crippen molar-refractivity contribution in [2.45, 2.75) is 6.18 Å². The van der Waals surface area contributed by atoms with E-state index in [4.69, 9.17) is 9.15 Å². The third-order valence-electron chi connectivity index (χ3n) is 2.93. The quantitative estimate of drug-likeness (QED) is 0.717. The van der Waals surface area contributed by atoms with E-state index in [1.807, 2.05) is 30.3 Å². The fourth-order valence-corrected chi connectivity index (χ4v) is 1.92. The highest BCUT2D eigenvalue weighted by Crippen LogP contribution is 2.27. The van der Waals surface area contributed by atoms with Crippen molar-refractivity contribution in [3.8, 4) is 28.7 Å². The van der Waals surface area contributed by atoms with E-state index in [0.29, 0.717) is 11.5 Å². The Kier molecular flexibility index (Phi) is 4.01. The molecule has 0 unspecified atom stereocenters. The maximum Gasteiger partial charge on any atom is 0.422 e. The van der Waals surface area contributed by atoms with Crippen molar-refractivity contribution < 1.29 is 22.3 Å². The fraction of sp³-hybridized carbons (Fsp3) is 0.125. The van der Waals surface area contributed by atoms with Crippen LogP contribution in [0.4, 0.5) is 13.2 Å². The lowest BCUT2D eigenvalue weighted by Crippen LogP contribution is -2.19. The number of nitrogens with zero attached hydrogens (tertiary/aromatic N) is 2. The standard InChI is InChI=1S/C16H11F3N2O2/c17-16(18,19)10-22-13-8-4-7-12(9-13)15-21-20-14(23-15)11-5-2-1-3-6-11/h1-9H,10H2. The molecule has 0 amide bonds. The summed E-state index contributed by atoms with van der Waals surface area (Å²) in [6, 6.07) is 15.3. The van der Waals surface area contributed by atoms with Crippen molar-refractivity contribution in [3.05, 3.63) is 54.6 Å². The van der Waals surface area contributed by atoms with Crippen molar-refractivity contribution in [3.63, 3.8) is 0 Å². The van der Waals surface area contributed by atoms with Crippen molar-refractivity contribution >= 4 is 0 Å². The van der Waals surface area contributed by atoms with Gasteiger partial charge in [0.15, 0.2) is 6.61 Å². The molecule has 0 fully saturated rings. The van der Waals surface area contributed by atoms with Gasteiger partial charge >= 0.3 is 6.18 Å². The zero-order chi connectivity index (χ0) is 16.3. The van der Waals surface area contributed by atoms with Crippen LogP contribution in [0.5, 0.6) is 5.75 Å². The second kappa shape index (κ2) is 6.12. The smallest absolute Gasteiger partial charge is 0.422 e. The highest BCUT2D eigenvalue weighted by molar-refractivity contribution is 5.59. The summed E-state index contributed by atoms with van der Waals surface area (Å²) in [6.07, 6.45) is -4.39. The molecule has 0 N–H and O–H groups in total. The number of rotatable bonds is 4. The minimum absolute atomic E-state index is 0.0827. The van der Waals surface area contributed by atoms with Gasteiger partial charge in [0, 0.05) is 11.1 Å². The molecule has 4 nitrogen and oxygen atoms in total. The van der Waals surface area contributed by atoms with Crippen LogP contribution in [0.15, 0.2) is 59.0 Å². The molecule has 7 heteroatoms. The number of alkyl halides is 3. The van der Waals surface area contributed by atoms with Gasteiger partial charge in [-0.15, -0.1) is 10.2 Å². The van der Waals surface area contributed by atoms with Gasteiger partial charge in [0.05, 0.1) is 0 Å². The summed E-state index contributed by atoms with van der Waals surface area (Å²) in [5.41, 5.74) is 1.25. The average molecular weight is 320 g/mol. The summed E-state index contributed by atoms with van der Waals surface area (Å²) in [5.74, 6) is 0.628. The van der Waals surface area contributed by atoms with Gasteiger partial charge in [-0.1, -0.05) is 24.3 Å². The SMILES string of the molecule is FC(F)(F)COc1cccc(-c2nnc(-c3ccccc3)o2)c1. The number of hydrogen-bond acceptors (Lipinski definition) is 4. The third-order valence-corrected chi connectivity index (χ3v) is 2.93. The molecule has 118 valence electrons. The highest BCUT2D eigenvalue weighted by atomic mass is 19.4. The second-order valence-electron chi connectivity index (χ2n) is 4.71. The molecule has 1 aromatic heterocycles. The van der Waals surface area contributed by atoms with Gasteiger partial charge in [-0.05, 0) is 30.3 Å². The summed E-state index contributed by atoms with van der Waals surface area (Å²) >= 11 is 0. The van der Waals surface area contributed by atoms with Gasteiger partial charge in [-0.3, -0.25) is 0 Å². The van der Waals surface area contributed by atoms with Gasteiger partial charge in [0.1, 0.15) is 5.75 Å². The average Bonchev–Trinajstić information content (AvgIpc) is 3.03. The summed E-state index contributed by atoms with van der Waals surface area (Å²) in [6.45, 7) is -1.35. The molecule has 3 rings (SSSR count). The lowest BCUT2D eigenvalue weighted by atomic mass is 10.2. The van der Waals surface area contributed by atoms with E-state index >= 15 is 0 Å². The first-order valence-corrected chi connectivity index (χ1v) is 6.70. The van der Waals surface area contributed by atoms with Crippen LogP contribution < -0.4 is 4.74 Å². The Bertz CT molecular complexity index is 785. The Balaban J connectivity index is 1.81. The first-order chi connectivity index (χ1) is 11.0. The molecule has 23 heavy (non-hydrogen) atoms. The molecule has 1 heterocycles. The molecular formula is C16H11F3N2O2. The number of aromatic nitrogens is 2. The van der Waals surface area contributed by atoms with E-state index < -0.39 is 12.8 Å². The molecule has 0 bridgehead atoms. The molecule has 3 aromatic rings. The van der Waals surface area contributed by atoms with E-state index in [-0.39, 0.29) is 11.6 Å². The van der Waals surface area contributed by atoms with Crippen LogP contribution in [-0.2, 0) is 0 Å². The molecule has 0 radical (unpaired) electrons. The van der Waals surface area contributed by atoms with Crippen LogP contribution in [0.3, 0.4) is 0 Å². The molecule has 0 atom stereocenters. The first-order valence-electron chi connectivity index (χ1n) is 6.70. The van der Waals surface area contributed by atoms with Crippen LogP contribution in [0.25, 0.3) is 22.9 Å². The largest absolute Gasteiger partial charge is 0.484 e. The highest BCUT2D eigenvalue weighted by Gasteiger charge is 2.28. The van der Waals surface area contributed by atoms with Gasteiger partial charge in [-0.2, -0.15) is 13.2 Å².